The van der Waals surface area contributed by atoms with Gasteiger partial charge in [-0.1, -0.05) is 18.2 Å². The van der Waals surface area contributed by atoms with Crippen molar-refractivity contribution in [1.82, 2.24) is 10.2 Å². The second kappa shape index (κ2) is 8.12. The number of likely N-dealkylation sites (tertiary alicyclic amines) is 1. The monoisotopic (exact) mass is 396 g/mol. The second-order valence-electron chi connectivity index (χ2n) is 6.46. The van der Waals surface area contributed by atoms with Crippen LogP contribution in [0.5, 0.6) is 0 Å². The van der Waals surface area contributed by atoms with Crippen molar-refractivity contribution in [2.75, 3.05) is 13.1 Å². The lowest BCUT2D eigenvalue weighted by Gasteiger charge is -2.31. The van der Waals surface area contributed by atoms with Crippen LogP contribution < -0.4 is 5.32 Å². The minimum Gasteiger partial charge on any atom is -0.352 e. The van der Waals surface area contributed by atoms with Gasteiger partial charge in [-0.3, -0.25) is 9.59 Å². The number of hydrogen-bond donors (Lipinski definition) is 1. The summed E-state index contributed by atoms with van der Waals surface area (Å²) in [5, 5.41) is 4.56. The van der Waals surface area contributed by atoms with Gasteiger partial charge in [0.1, 0.15) is 0 Å². The highest BCUT2D eigenvalue weighted by atomic mass is 32.1. The Balaban J connectivity index is 1.49. The standard InChI is InChI=1S/C19H19F3N2O2S/c20-19(21,22)15-4-1-3-13(11-15)12-23-17(25)14-6-8-24(9-7-14)18(26)16-5-2-10-27-16/h1-5,10-11,14H,6-9,12H2,(H,23,25). The van der Waals surface area contributed by atoms with Crippen molar-refractivity contribution in [2.24, 2.45) is 5.92 Å². The molecule has 2 heterocycles. The first kappa shape index (κ1) is 19.4. The van der Waals surface area contributed by atoms with Gasteiger partial charge in [0.15, 0.2) is 0 Å². The highest BCUT2D eigenvalue weighted by Gasteiger charge is 2.31. The maximum absolute atomic E-state index is 12.7. The van der Waals surface area contributed by atoms with Gasteiger partial charge in [-0.25, -0.2) is 0 Å². The van der Waals surface area contributed by atoms with Crippen molar-refractivity contribution in [3.8, 4) is 0 Å². The summed E-state index contributed by atoms with van der Waals surface area (Å²) in [7, 11) is 0. The van der Waals surface area contributed by atoms with Crippen LogP contribution >= 0.6 is 11.3 Å². The van der Waals surface area contributed by atoms with E-state index in [-0.39, 0.29) is 24.3 Å². The molecule has 1 aliphatic rings. The van der Waals surface area contributed by atoms with Crippen LogP contribution in [0.1, 0.15) is 33.6 Å². The van der Waals surface area contributed by atoms with E-state index in [9.17, 15) is 22.8 Å². The number of halogens is 3. The fourth-order valence-corrected chi connectivity index (χ4v) is 3.78. The van der Waals surface area contributed by atoms with Crippen molar-refractivity contribution in [3.05, 3.63) is 57.8 Å². The summed E-state index contributed by atoms with van der Waals surface area (Å²) < 4.78 is 38.2. The Morgan fingerprint density at radius 1 is 1.15 bits per heavy atom. The molecule has 1 aliphatic heterocycles. The number of alkyl halides is 3. The summed E-state index contributed by atoms with van der Waals surface area (Å²) in [4.78, 5) is 27.0. The minimum atomic E-state index is -4.40. The normalized spacial score (nSPS) is 15.6. The van der Waals surface area contributed by atoms with Crippen LogP contribution in [0.25, 0.3) is 0 Å². The van der Waals surface area contributed by atoms with Crippen LogP contribution in [-0.4, -0.2) is 29.8 Å². The van der Waals surface area contributed by atoms with E-state index in [2.05, 4.69) is 5.32 Å². The predicted molar refractivity (Wildman–Crippen MR) is 96.2 cm³/mol. The molecule has 1 aromatic heterocycles. The van der Waals surface area contributed by atoms with E-state index >= 15 is 0 Å². The molecule has 1 saturated heterocycles. The number of amides is 2. The van der Waals surface area contributed by atoms with E-state index in [0.29, 0.717) is 36.4 Å². The minimum absolute atomic E-state index is 0.0205. The van der Waals surface area contributed by atoms with Crippen LogP contribution in [-0.2, 0) is 17.5 Å². The maximum Gasteiger partial charge on any atom is 0.416 e. The largest absolute Gasteiger partial charge is 0.416 e. The molecule has 8 heteroatoms. The lowest BCUT2D eigenvalue weighted by Crippen LogP contribution is -2.42. The number of carbonyl (C=O) groups is 2. The molecule has 2 aromatic rings. The molecular formula is C19H19F3N2O2S. The van der Waals surface area contributed by atoms with Crippen molar-refractivity contribution in [1.29, 1.82) is 0 Å². The average Bonchev–Trinajstić information content (AvgIpc) is 3.20. The van der Waals surface area contributed by atoms with Gasteiger partial charge in [0.2, 0.25) is 5.91 Å². The molecular weight excluding hydrogens is 377 g/mol. The zero-order valence-electron chi connectivity index (χ0n) is 14.5. The Kier molecular flexibility index (Phi) is 5.84. The Hall–Kier alpha value is -2.35. The molecule has 0 spiro atoms. The van der Waals surface area contributed by atoms with Crippen molar-refractivity contribution >= 4 is 23.2 Å². The first-order valence-electron chi connectivity index (χ1n) is 8.61. The van der Waals surface area contributed by atoms with E-state index in [0.717, 1.165) is 12.1 Å². The quantitative estimate of drug-likeness (QED) is 0.851. The fourth-order valence-electron chi connectivity index (χ4n) is 3.09. The molecule has 1 aromatic carbocycles. The molecule has 0 radical (unpaired) electrons. The summed E-state index contributed by atoms with van der Waals surface area (Å²) in [6.07, 6.45) is -3.31. The third kappa shape index (κ3) is 4.88. The number of hydrogen-bond acceptors (Lipinski definition) is 3. The topological polar surface area (TPSA) is 49.4 Å². The van der Waals surface area contributed by atoms with E-state index in [1.54, 1.807) is 17.0 Å². The smallest absolute Gasteiger partial charge is 0.352 e. The van der Waals surface area contributed by atoms with Crippen molar-refractivity contribution in [3.63, 3.8) is 0 Å². The molecule has 144 valence electrons. The van der Waals surface area contributed by atoms with Gasteiger partial charge in [-0.05, 0) is 42.0 Å². The van der Waals surface area contributed by atoms with E-state index in [4.69, 9.17) is 0 Å². The van der Waals surface area contributed by atoms with Gasteiger partial charge in [-0.15, -0.1) is 11.3 Å². The zero-order chi connectivity index (χ0) is 19.4. The molecule has 0 aliphatic carbocycles. The Labute approximate surface area is 159 Å². The predicted octanol–water partition coefficient (Wildman–Crippen LogP) is 3.94. The molecule has 0 atom stereocenters. The second-order valence-corrected chi connectivity index (χ2v) is 7.41. The van der Waals surface area contributed by atoms with Gasteiger partial charge >= 0.3 is 6.18 Å². The van der Waals surface area contributed by atoms with Crippen LogP contribution in [0.4, 0.5) is 13.2 Å². The number of piperidine rings is 1. The Morgan fingerprint density at radius 2 is 1.89 bits per heavy atom. The molecule has 4 nitrogen and oxygen atoms in total. The molecule has 0 bridgehead atoms. The number of nitrogens with zero attached hydrogens (tertiary/aromatic N) is 1. The Bertz CT molecular complexity index is 798. The SMILES string of the molecule is O=C(NCc1cccc(C(F)(F)F)c1)C1CCN(C(=O)c2cccs2)CC1. The molecule has 3 rings (SSSR count). The van der Waals surface area contributed by atoms with Crippen LogP contribution in [0.15, 0.2) is 41.8 Å². The van der Waals surface area contributed by atoms with Crippen LogP contribution in [0.3, 0.4) is 0 Å². The van der Waals surface area contributed by atoms with Crippen molar-refractivity contribution < 1.29 is 22.8 Å². The average molecular weight is 396 g/mol. The highest BCUT2D eigenvalue weighted by molar-refractivity contribution is 7.12. The highest BCUT2D eigenvalue weighted by Crippen LogP contribution is 2.29. The molecule has 1 N–H and O–H groups in total. The summed E-state index contributed by atoms with van der Waals surface area (Å²) in [5.41, 5.74) is -0.321. The fraction of sp³-hybridized carbons (Fsp3) is 0.368. The summed E-state index contributed by atoms with van der Waals surface area (Å²) >= 11 is 1.39. The van der Waals surface area contributed by atoms with Gasteiger partial charge in [-0.2, -0.15) is 13.2 Å². The number of nitrogens with one attached hydrogen (secondary N) is 1. The van der Waals surface area contributed by atoms with Crippen LogP contribution in [0, 0.1) is 5.92 Å². The van der Waals surface area contributed by atoms with Gasteiger partial charge in [0.25, 0.3) is 5.91 Å². The molecule has 0 unspecified atom stereocenters. The van der Waals surface area contributed by atoms with Gasteiger partial charge in [0, 0.05) is 25.6 Å². The third-order valence-corrected chi connectivity index (χ3v) is 5.46. The maximum atomic E-state index is 12.7. The first-order chi connectivity index (χ1) is 12.8. The van der Waals surface area contributed by atoms with E-state index in [1.165, 1.54) is 17.4 Å². The number of thiophene rings is 1. The zero-order valence-corrected chi connectivity index (χ0v) is 15.3. The summed E-state index contributed by atoms with van der Waals surface area (Å²) in [5.74, 6) is -0.438. The molecule has 2 amide bonds. The number of carbonyl (C=O) groups excluding carboxylic acids is 2. The van der Waals surface area contributed by atoms with E-state index < -0.39 is 11.7 Å². The number of rotatable bonds is 4. The lowest BCUT2D eigenvalue weighted by molar-refractivity contribution is -0.137. The number of benzene rings is 1. The first-order valence-corrected chi connectivity index (χ1v) is 9.49. The summed E-state index contributed by atoms with van der Waals surface area (Å²) in [6, 6.07) is 8.54. The van der Waals surface area contributed by atoms with Crippen molar-refractivity contribution in [2.45, 2.75) is 25.6 Å². The van der Waals surface area contributed by atoms with Crippen LogP contribution in [0.2, 0.25) is 0 Å². The molecule has 0 saturated carbocycles. The van der Waals surface area contributed by atoms with E-state index in [1.807, 2.05) is 11.4 Å². The summed E-state index contributed by atoms with van der Waals surface area (Å²) in [6.45, 7) is 1.05. The lowest BCUT2D eigenvalue weighted by atomic mass is 9.95. The third-order valence-electron chi connectivity index (χ3n) is 4.61. The van der Waals surface area contributed by atoms with Gasteiger partial charge in [0.05, 0.1) is 10.4 Å². The van der Waals surface area contributed by atoms with Gasteiger partial charge < -0.3 is 10.2 Å². The molecule has 27 heavy (non-hydrogen) atoms. The molecule has 1 fully saturated rings. The Morgan fingerprint density at radius 3 is 2.52 bits per heavy atom.